The van der Waals surface area contributed by atoms with E-state index in [4.69, 9.17) is 4.74 Å². The van der Waals surface area contributed by atoms with Crippen molar-refractivity contribution in [1.29, 1.82) is 0 Å². The van der Waals surface area contributed by atoms with Gasteiger partial charge < -0.3 is 9.64 Å². The normalized spacial score (nSPS) is 14.8. The topological polar surface area (TPSA) is 70.2 Å². The number of sulfonamides is 1. The maximum Gasteiger partial charge on any atom is 0.260 e. The molecule has 36 heavy (non-hydrogen) atoms. The van der Waals surface area contributed by atoms with Crippen molar-refractivity contribution < 1.29 is 17.9 Å². The van der Waals surface area contributed by atoms with E-state index >= 15 is 0 Å². The van der Waals surface area contributed by atoms with Crippen LogP contribution in [0.15, 0.2) is 84.9 Å². The van der Waals surface area contributed by atoms with E-state index in [0.29, 0.717) is 18.8 Å². The molecule has 1 aliphatic heterocycles. The molecule has 0 aromatic heterocycles. The second-order valence-electron chi connectivity index (χ2n) is 9.09. The highest BCUT2D eigenvalue weighted by molar-refractivity contribution is 7.88. The van der Waals surface area contributed by atoms with Crippen LogP contribution in [0.1, 0.15) is 22.7 Å². The summed E-state index contributed by atoms with van der Waals surface area (Å²) in [6, 6.07) is 28.3. The van der Waals surface area contributed by atoms with Crippen LogP contribution in [0.25, 0.3) is 0 Å². The van der Waals surface area contributed by atoms with Crippen LogP contribution >= 0.6 is 0 Å². The Bertz CT molecular complexity index is 1190. The van der Waals surface area contributed by atoms with Crippen LogP contribution in [0.5, 0.6) is 5.75 Å². The van der Waals surface area contributed by atoms with Crippen molar-refractivity contribution in [1.82, 2.24) is 14.1 Å². The largest absolute Gasteiger partial charge is 0.484 e. The third kappa shape index (κ3) is 6.72. The Morgan fingerprint density at radius 3 is 1.89 bits per heavy atom. The molecule has 1 heterocycles. The van der Waals surface area contributed by atoms with Gasteiger partial charge in [0.2, 0.25) is 10.0 Å². The van der Waals surface area contributed by atoms with Crippen LogP contribution in [0, 0.1) is 0 Å². The Morgan fingerprint density at radius 2 is 1.39 bits per heavy atom. The Morgan fingerprint density at radius 1 is 0.861 bits per heavy atom. The Balaban J connectivity index is 1.31. The van der Waals surface area contributed by atoms with Gasteiger partial charge in [-0.25, -0.2) is 12.7 Å². The van der Waals surface area contributed by atoms with Crippen molar-refractivity contribution in [2.24, 2.45) is 0 Å². The summed E-state index contributed by atoms with van der Waals surface area (Å²) in [5.74, 6) is 0.549. The lowest BCUT2D eigenvalue weighted by Gasteiger charge is -2.39. The Kier molecular flexibility index (Phi) is 8.40. The molecule has 0 saturated carbocycles. The van der Waals surface area contributed by atoms with Gasteiger partial charge in [-0.05, 0) is 28.8 Å². The summed E-state index contributed by atoms with van der Waals surface area (Å²) < 4.78 is 30.2. The first-order valence-electron chi connectivity index (χ1n) is 12.1. The number of hydrogen-bond acceptors (Lipinski definition) is 5. The molecule has 0 N–H and O–H groups in total. The van der Waals surface area contributed by atoms with Gasteiger partial charge >= 0.3 is 0 Å². The minimum absolute atomic E-state index is 0.0244. The predicted molar refractivity (Wildman–Crippen MR) is 141 cm³/mol. The minimum atomic E-state index is -3.24. The molecule has 0 atom stereocenters. The zero-order chi connectivity index (χ0) is 25.5. The van der Waals surface area contributed by atoms with Crippen LogP contribution in [0.4, 0.5) is 0 Å². The summed E-state index contributed by atoms with van der Waals surface area (Å²) in [5.41, 5.74) is 3.35. The maximum atomic E-state index is 12.8. The van der Waals surface area contributed by atoms with Crippen molar-refractivity contribution in [3.63, 3.8) is 0 Å². The highest BCUT2D eigenvalue weighted by atomic mass is 32.2. The van der Waals surface area contributed by atoms with Crippen molar-refractivity contribution in [2.75, 3.05) is 46.1 Å². The summed E-state index contributed by atoms with van der Waals surface area (Å²) >= 11 is 0. The van der Waals surface area contributed by atoms with Crippen molar-refractivity contribution in [3.8, 4) is 5.75 Å². The van der Waals surface area contributed by atoms with Gasteiger partial charge in [-0.3, -0.25) is 9.69 Å². The van der Waals surface area contributed by atoms with E-state index in [-0.39, 0.29) is 25.1 Å². The van der Waals surface area contributed by atoms with E-state index < -0.39 is 10.0 Å². The number of carbonyl (C=O) groups is 1. The molecule has 190 valence electrons. The molecule has 1 aliphatic rings. The van der Waals surface area contributed by atoms with E-state index in [1.807, 2.05) is 29.2 Å². The van der Waals surface area contributed by atoms with Gasteiger partial charge in [0.05, 0.1) is 12.3 Å². The lowest BCUT2D eigenvalue weighted by molar-refractivity contribution is -0.135. The molecule has 3 aromatic carbocycles. The average Bonchev–Trinajstić information content (AvgIpc) is 2.89. The number of benzene rings is 3. The van der Waals surface area contributed by atoms with Gasteiger partial charge in [0.25, 0.3) is 5.91 Å². The number of carbonyl (C=O) groups excluding carboxylic acids is 1. The van der Waals surface area contributed by atoms with Gasteiger partial charge in [0, 0.05) is 39.8 Å². The minimum Gasteiger partial charge on any atom is -0.484 e. The van der Waals surface area contributed by atoms with E-state index in [0.717, 1.165) is 18.7 Å². The monoisotopic (exact) mass is 507 g/mol. The third-order valence-corrected chi connectivity index (χ3v) is 7.78. The summed E-state index contributed by atoms with van der Waals surface area (Å²) in [6.45, 7) is 3.12. The van der Waals surface area contributed by atoms with Crippen molar-refractivity contribution >= 4 is 15.9 Å². The molecule has 1 fully saturated rings. The summed E-state index contributed by atoms with van der Waals surface area (Å²) in [7, 11) is -1.70. The van der Waals surface area contributed by atoms with Crippen LogP contribution in [-0.2, 0) is 21.4 Å². The molecule has 0 radical (unpaired) electrons. The number of rotatable bonds is 9. The fourth-order valence-corrected chi connectivity index (χ4v) is 4.80. The van der Waals surface area contributed by atoms with Gasteiger partial charge in [-0.15, -0.1) is 0 Å². The molecular weight excluding hydrogens is 474 g/mol. The highest BCUT2D eigenvalue weighted by Crippen LogP contribution is 2.29. The molecule has 1 saturated heterocycles. The zero-order valence-electron chi connectivity index (χ0n) is 20.8. The Labute approximate surface area is 214 Å². The molecule has 7 nitrogen and oxygen atoms in total. The van der Waals surface area contributed by atoms with Gasteiger partial charge in [-0.2, -0.15) is 0 Å². The van der Waals surface area contributed by atoms with Crippen LogP contribution < -0.4 is 4.74 Å². The van der Waals surface area contributed by atoms with Crippen molar-refractivity contribution in [3.05, 3.63) is 102 Å². The quantitative estimate of drug-likeness (QED) is 0.444. The first kappa shape index (κ1) is 25.9. The van der Waals surface area contributed by atoms with Gasteiger partial charge in [0.15, 0.2) is 6.61 Å². The van der Waals surface area contributed by atoms with Gasteiger partial charge in [0.1, 0.15) is 5.75 Å². The Hall–Kier alpha value is -3.20. The maximum absolute atomic E-state index is 12.8. The summed E-state index contributed by atoms with van der Waals surface area (Å²) in [5, 5.41) is 0. The molecule has 0 aliphatic carbocycles. The molecule has 0 unspecified atom stereocenters. The molecule has 3 aromatic rings. The zero-order valence-corrected chi connectivity index (χ0v) is 21.6. The number of ether oxygens (including phenoxy) is 1. The molecule has 4 rings (SSSR count). The van der Waals surface area contributed by atoms with Crippen LogP contribution in [-0.4, -0.2) is 74.5 Å². The first-order chi connectivity index (χ1) is 17.3. The first-order valence-corrected chi connectivity index (χ1v) is 13.9. The summed E-state index contributed by atoms with van der Waals surface area (Å²) in [4.78, 5) is 17.1. The summed E-state index contributed by atoms with van der Waals surface area (Å²) in [6.07, 6.45) is 1.18. The van der Waals surface area contributed by atoms with Crippen molar-refractivity contribution in [2.45, 2.75) is 12.6 Å². The fourth-order valence-electron chi connectivity index (χ4n) is 4.42. The highest BCUT2D eigenvalue weighted by Gasteiger charge is 2.28. The fraction of sp³-hybridized carbons (Fsp3) is 0.321. The molecule has 0 bridgehead atoms. The molecule has 1 amide bonds. The number of piperazine rings is 1. The molecule has 8 heteroatoms. The van der Waals surface area contributed by atoms with Crippen LogP contribution in [0.3, 0.4) is 0 Å². The van der Waals surface area contributed by atoms with Gasteiger partial charge in [-0.1, -0.05) is 72.8 Å². The predicted octanol–water partition coefficient (Wildman–Crippen LogP) is 3.39. The SMILES string of the molecule is CN(Cc1ccc(OCC(=O)N2CCN(C(c3ccccc3)c3ccccc3)CC2)cc1)S(C)(=O)=O. The number of amides is 1. The average molecular weight is 508 g/mol. The van der Waals surface area contributed by atoms with E-state index in [9.17, 15) is 13.2 Å². The third-order valence-electron chi connectivity index (χ3n) is 6.52. The van der Waals surface area contributed by atoms with E-state index in [2.05, 4.69) is 53.4 Å². The molecular formula is C28H33N3O4S. The lowest BCUT2D eigenvalue weighted by Crippen LogP contribution is -2.51. The second-order valence-corrected chi connectivity index (χ2v) is 11.2. The standard InChI is InChI=1S/C28H33N3O4S/c1-29(36(2,33)34)21-23-13-15-26(16-14-23)35-22-27(32)30-17-19-31(20-18-30)28(24-9-5-3-6-10-24)25-11-7-4-8-12-25/h3-16,28H,17-22H2,1-2H3. The second kappa shape index (κ2) is 11.7. The lowest BCUT2D eigenvalue weighted by atomic mass is 9.96. The van der Waals surface area contributed by atoms with Crippen LogP contribution in [0.2, 0.25) is 0 Å². The smallest absolute Gasteiger partial charge is 0.260 e. The van der Waals surface area contributed by atoms with E-state index in [1.54, 1.807) is 19.2 Å². The number of hydrogen-bond donors (Lipinski definition) is 0. The molecule has 0 spiro atoms. The van der Waals surface area contributed by atoms with E-state index in [1.165, 1.54) is 21.7 Å². The number of nitrogens with zero attached hydrogens (tertiary/aromatic N) is 3.